The van der Waals surface area contributed by atoms with Crippen molar-refractivity contribution in [3.05, 3.63) is 54.6 Å². The molecule has 0 amide bonds. The van der Waals surface area contributed by atoms with E-state index in [1.54, 1.807) is 12.2 Å². The highest BCUT2D eigenvalue weighted by Crippen LogP contribution is 2.18. The number of hydrogen-bond acceptors (Lipinski definition) is 3. The van der Waals surface area contributed by atoms with Crippen LogP contribution in [0, 0.1) is 0 Å². The molecule has 16 heavy (non-hydrogen) atoms. The highest BCUT2D eigenvalue weighted by molar-refractivity contribution is 5.64. The van der Waals surface area contributed by atoms with E-state index in [9.17, 15) is 4.79 Å². The molecule has 1 saturated heterocycles. The molecule has 82 valence electrons. The van der Waals surface area contributed by atoms with Crippen molar-refractivity contribution in [1.82, 2.24) is 0 Å². The Kier molecular flexibility index (Phi) is 3.05. The maximum atomic E-state index is 10.9. The van der Waals surface area contributed by atoms with Gasteiger partial charge in [-0.3, -0.25) is 0 Å². The summed E-state index contributed by atoms with van der Waals surface area (Å²) in [6, 6.07) is 9.78. The molecule has 1 aromatic carbocycles. The largest absolute Gasteiger partial charge is 0.509 e. The van der Waals surface area contributed by atoms with Gasteiger partial charge in [-0.15, -0.1) is 0 Å². The van der Waals surface area contributed by atoms with Gasteiger partial charge in [0.25, 0.3) is 0 Å². The number of benzene rings is 1. The number of cyclic esters (lactones) is 2. The third kappa shape index (κ3) is 2.31. The zero-order chi connectivity index (χ0) is 11.4. The topological polar surface area (TPSA) is 35.5 Å². The lowest BCUT2D eigenvalue weighted by molar-refractivity contribution is 0.122. The molecular formula is C13H12O3. The van der Waals surface area contributed by atoms with Gasteiger partial charge in [0.2, 0.25) is 0 Å². The fourth-order valence-electron chi connectivity index (χ4n) is 1.49. The normalized spacial score (nSPS) is 24.1. The van der Waals surface area contributed by atoms with Crippen LogP contribution in [-0.4, -0.2) is 18.4 Å². The van der Waals surface area contributed by atoms with E-state index in [0.29, 0.717) is 0 Å². The Morgan fingerprint density at radius 2 is 1.81 bits per heavy atom. The van der Waals surface area contributed by atoms with Gasteiger partial charge >= 0.3 is 6.16 Å². The molecule has 1 heterocycles. The van der Waals surface area contributed by atoms with Crippen molar-refractivity contribution in [2.24, 2.45) is 0 Å². The number of hydrogen-bond donors (Lipinski definition) is 0. The first kappa shape index (κ1) is 10.5. The minimum Gasteiger partial charge on any atom is -0.422 e. The first-order valence-electron chi connectivity index (χ1n) is 5.02. The van der Waals surface area contributed by atoms with E-state index in [1.165, 1.54) is 0 Å². The number of ether oxygens (including phenoxy) is 2. The van der Waals surface area contributed by atoms with Crippen LogP contribution in [0.2, 0.25) is 0 Å². The molecule has 0 N–H and O–H groups in total. The first-order chi connectivity index (χ1) is 7.79. The summed E-state index contributed by atoms with van der Waals surface area (Å²) in [6.07, 6.45) is 3.82. The summed E-state index contributed by atoms with van der Waals surface area (Å²) in [5.41, 5.74) is 1.05. The molecule has 0 bridgehead atoms. The average molecular weight is 216 g/mol. The second-order valence-electron chi connectivity index (χ2n) is 3.42. The average Bonchev–Trinajstić information content (AvgIpc) is 2.68. The Morgan fingerprint density at radius 1 is 1.12 bits per heavy atom. The summed E-state index contributed by atoms with van der Waals surface area (Å²) in [5.74, 6) is 0. The maximum absolute atomic E-state index is 10.9. The molecule has 0 saturated carbocycles. The van der Waals surface area contributed by atoms with Gasteiger partial charge < -0.3 is 9.47 Å². The Hall–Kier alpha value is -2.03. The first-order valence-corrected chi connectivity index (χ1v) is 5.02. The molecule has 2 rings (SSSR count). The van der Waals surface area contributed by atoms with Gasteiger partial charge in [-0.25, -0.2) is 4.79 Å². The van der Waals surface area contributed by atoms with Gasteiger partial charge in [-0.05, 0) is 17.7 Å². The summed E-state index contributed by atoms with van der Waals surface area (Å²) in [5, 5.41) is 0. The molecule has 1 aromatic rings. The van der Waals surface area contributed by atoms with E-state index in [2.05, 4.69) is 6.58 Å². The van der Waals surface area contributed by atoms with Crippen LogP contribution in [0.15, 0.2) is 49.1 Å². The zero-order valence-corrected chi connectivity index (χ0v) is 8.71. The Morgan fingerprint density at radius 3 is 2.50 bits per heavy atom. The Bertz CT molecular complexity index is 408. The Labute approximate surface area is 94.0 Å². The van der Waals surface area contributed by atoms with Gasteiger partial charge in [0, 0.05) is 0 Å². The molecule has 0 aromatic heterocycles. The van der Waals surface area contributed by atoms with Gasteiger partial charge in [0.05, 0.1) is 0 Å². The highest BCUT2D eigenvalue weighted by Gasteiger charge is 2.32. The lowest BCUT2D eigenvalue weighted by Gasteiger charge is -2.05. The number of rotatable bonds is 3. The fraction of sp³-hybridized carbons (Fsp3) is 0.154. The standard InChI is InChI=1S/C13H12O3/c1-2-11-12(16-13(14)15-11)9-8-10-6-4-3-5-7-10/h2-9,11-12H,1H2/b9-8+/t11-,12-/m0/s1. The second kappa shape index (κ2) is 4.66. The molecular weight excluding hydrogens is 204 g/mol. The number of carbonyl (C=O) groups is 1. The van der Waals surface area contributed by atoms with Crippen LogP contribution in [-0.2, 0) is 9.47 Å². The van der Waals surface area contributed by atoms with Gasteiger partial charge in [0.1, 0.15) is 0 Å². The predicted octanol–water partition coefficient (Wildman–Crippen LogP) is 2.79. The zero-order valence-electron chi connectivity index (χ0n) is 8.71. The van der Waals surface area contributed by atoms with Crippen LogP contribution in [0.3, 0.4) is 0 Å². The lowest BCUT2D eigenvalue weighted by Crippen LogP contribution is -2.16. The SMILES string of the molecule is C=C[C@@H]1OC(=O)O[C@H]1/C=C/c1ccccc1. The minimum atomic E-state index is -0.646. The molecule has 0 unspecified atom stereocenters. The van der Waals surface area contributed by atoms with Crippen molar-refractivity contribution in [3.8, 4) is 0 Å². The molecule has 1 fully saturated rings. The van der Waals surface area contributed by atoms with Crippen LogP contribution in [0.5, 0.6) is 0 Å². The molecule has 3 nitrogen and oxygen atoms in total. The van der Waals surface area contributed by atoms with E-state index in [0.717, 1.165) is 5.56 Å². The van der Waals surface area contributed by atoms with Crippen LogP contribution in [0.4, 0.5) is 4.79 Å². The van der Waals surface area contributed by atoms with Crippen LogP contribution >= 0.6 is 0 Å². The van der Waals surface area contributed by atoms with Crippen molar-refractivity contribution >= 4 is 12.2 Å². The molecule has 1 aliphatic heterocycles. The molecule has 3 heteroatoms. The summed E-state index contributed by atoms with van der Waals surface area (Å²) >= 11 is 0. The van der Waals surface area contributed by atoms with Crippen molar-refractivity contribution in [3.63, 3.8) is 0 Å². The minimum absolute atomic E-state index is 0.384. The highest BCUT2D eigenvalue weighted by atomic mass is 16.8. The summed E-state index contributed by atoms with van der Waals surface area (Å²) in [7, 11) is 0. The molecule has 0 spiro atoms. The van der Waals surface area contributed by atoms with Crippen LogP contribution in [0.25, 0.3) is 6.08 Å². The third-order valence-corrected chi connectivity index (χ3v) is 2.30. The van der Waals surface area contributed by atoms with Crippen molar-refractivity contribution in [2.75, 3.05) is 0 Å². The van der Waals surface area contributed by atoms with Crippen molar-refractivity contribution in [2.45, 2.75) is 12.2 Å². The second-order valence-corrected chi connectivity index (χ2v) is 3.42. The number of carbonyl (C=O) groups excluding carboxylic acids is 1. The van der Waals surface area contributed by atoms with E-state index >= 15 is 0 Å². The molecule has 2 atom stereocenters. The van der Waals surface area contributed by atoms with Crippen molar-refractivity contribution in [1.29, 1.82) is 0 Å². The summed E-state index contributed by atoms with van der Waals surface area (Å²) < 4.78 is 9.85. The van der Waals surface area contributed by atoms with Crippen LogP contribution in [0.1, 0.15) is 5.56 Å². The predicted molar refractivity (Wildman–Crippen MR) is 60.8 cm³/mol. The van der Waals surface area contributed by atoms with Gasteiger partial charge in [0.15, 0.2) is 12.2 Å². The smallest absolute Gasteiger partial charge is 0.422 e. The van der Waals surface area contributed by atoms with E-state index in [1.807, 2.05) is 36.4 Å². The third-order valence-electron chi connectivity index (χ3n) is 2.30. The summed E-state index contributed by atoms with van der Waals surface area (Å²) in [6.45, 7) is 3.59. The summed E-state index contributed by atoms with van der Waals surface area (Å²) in [4.78, 5) is 10.9. The molecule has 1 aliphatic rings. The van der Waals surface area contributed by atoms with Crippen LogP contribution < -0.4 is 0 Å². The molecule has 0 radical (unpaired) electrons. The molecule has 0 aliphatic carbocycles. The monoisotopic (exact) mass is 216 g/mol. The quantitative estimate of drug-likeness (QED) is 0.575. The van der Waals surface area contributed by atoms with Crippen molar-refractivity contribution < 1.29 is 14.3 Å². The van der Waals surface area contributed by atoms with E-state index < -0.39 is 12.3 Å². The lowest BCUT2D eigenvalue weighted by atomic mass is 10.1. The van der Waals surface area contributed by atoms with Gasteiger partial charge in [-0.1, -0.05) is 43.0 Å². The fourth-order valence-corrected chi connectivity index (χ4v) is 1.49. The van der Waals surface area contributed by atoms with Gasteiger partial charge in [-0.2, -0.15) is 0 Å². The van der Waals surface area contributed by atoms with E-state index in [-0.39, 0.29) is 6.10 Å². The Balaban J connectivity index is 2.07. The van der Waals surface area contributed by atoms with E-state index in [4.69, 9.17) is 9.47 Å². The maximum Gasteiger partial charge on any atom is 0.509 e.